The lowest BCUT2D eigenvalue weighted by molar-refractivity contribution is 0.0385. The van der Waals surface area contributed by atoms with Gasteiger partial charge in [0.15, 0.2) is 0 Å². The van der Waals surface area contributed by atoms with E-state index in [0.717, 1.165) is 38.9 Å². The predicted molar refractivity (Wildman–Crippen MR) is 66.4 cm³/mol. The summed E-state index contributed by atoms with van der Waals surface area (Å²) >= 11 is 1.73. The Morgan fingerprint density at radius 2 is 2.25 bits per heavy atom. The number of nitrogens with zero attached hydrogens (tertiary/aromatic N) is 2. The molecule has 4 heteroatoms. The molecule has 0 saturated carbocycles. The van der Waals surface area contributed by atoms with E-state index in [1.807, 2.05) is 11.7 Å². The van der Waals surface area contributed by atoms with Crippen molar-refractivity contribution in [1.82, 2.24) is 9.88 Å². The lowest BCUT2D eigenvalue weighted by atomic mass is 9.77. The highest BCUT2D eigenvalue weighted by molar-refractivity contribution is 7.09. The van der Waals surface area contributed by atoms with Gasteiger partial charge in [0.2, 0.25) is 0 Å². The van der Waals surface area contributed by atoms with Crippen molar-refractivity contribution < 1.29 is 5.11 Å². The van der Waals surface area contributed by atoms with E-state index in [9.17, 15) is 5.11 Å². The topological polar surface area (TPSA) is 36.4 Å². The molecule has 0 aliphatic carbocycles. The Hall–Kier alpha value is -0.450. The van der Waals surface area contributed by atoms with Gasteiger partial charge in [-0.1, -0.05) is 6.92 Å². The second-order valence-corrected chi connectivity index (χ2v) is 5.73. The van der Waals surface area contributed by atoms with E-state index >= 15 is 0 Å². The Kier molecular flexibility index (Phi) is 3.95. The third-order valence-corrected chi connectivity index (χ3v) is 4.63. The molecule has 16 heavy (non-hydrogen) atoms. The standard InChI is InChI=1S/C12H20N2OS/c1-2-12(9-15)3-5-14(6-4-12)8-11-7-13-10-16-11/h7,10,15H,2-6,8-9H2,1H3. The van der Waals surface area contributed by atoms with E-state index in [-0.39, 0.29) is 5.41 Å². The zero-order valence-corrected chi connectivity index (χ0v) is 10.7. The summed E-state index contributed by atoms with van der Waals surface area (Å²) in [7, 11) is 0. The van der Waals surface area contributed by atoms with Crippen molar-refractivity contribution in [1.29, 1.82) is 0 Å². The summed E-state index contributed by atoms with van der Waals surface area (Å²) in [5, 5.41) is 9.46. The molecule has 0 unspecified atom stereocenters. The van der Waals surface area contributed by atoms with Gasteiger partial charge in [0, 0.05) is 24.2 Å². The fourth-order valence-corrected chi connectivity index (χ4v) is 2.99. The molecule has 2 heterocycles. The minimum absolute atomic E-state index is 0.199. The van der Waals surface area contributed by atoms with Gasteiger partial charge in [-0.25, -0.2) is 0 Å². The number of hydrogen-bond acceptors (Lipinski definition) is 4. The van der Waals surface area contributed by atoms with Crippen LogP contribution in [0.5, 0.6) is 0 Å². The van der Waals surface area contributed by atoms with Crippen molar-refractivity contribution in [2.24, 2.45) is 5.41 Å². The molecular weight excluding hydrogens is 220 g/mol. The first-order valence-corrected chi connectivity index (χ1v) is 6.86. The number of thiazole rings is 1. The third-order valence-electron chi connectivity index (χ3n) is 3.87. The van der Waals surface area contributed by atoms with Crippen LogP contribution in [-0.2, 0) is 6.54 Å². The zero-order valence-electron chi connectivity index (χ0n) is 9.85. The lowest BCUT2D eigenvalue weighted by Crippen LogP contribution is -2.41. The molecule has 1 aromatic rings. The molecule has 1 aliphatic heterocycles. The highest BCUT2D eigenvalue weighted by Crippen LogP contribution is 2.34. The molecule has 0 radical (unpaired) electrons. The summed E-state index contributed by atoms with van der Waals surface area (Å²) in [5.41, 5.74) is 2.09. The van der Waals surface area contributed by atoms with E-state index in [0.29, 0.717) is 6.61 Å². The molecule has 2 rings (SSSR count). The third kappa shape index (κ3) is 2.62. The van der Waals surface area contributed by atoms with E-state index in [1.54, 1.807) is 11.3 Å². The van der Waals surface area contributed by atoms with E-state index in [2.05, 4.69) is 16.8 Å². The smallest absolute Gasteiger partial charge is 0.0794 e. The maximum atomic E-state index is 9.46. The summed E-state index contributed by atoms with van der Waals surface area (Å²) in [6, 6.07) is 0. The Morgan fingerprint density at radius 1 is 1.50 bits per heavy atom. The number of aromatic nitrogens is 1. The molecule has 1 saturated heterocycles. The van der Waals surface area contributed by atoms with Crippen LogP contribution in [0.1, 0.15) is 31.1 Å². The normalized spacial score (nSPS) is 21.1. The second kappa shape index (κ2) is 5.25. The average Bonchev–Trinajstić information content (AvgIpc) is 2.83. The van der Waals surface area contributed by atoms with Crippen LogP contribution in [0.25, 0.3) is 0 Å². The molecule has 0 bridgehead atoms. The Balaban J connectivity index is 1.85. The summed E-state index contributed by atoms with van der Waals surface area (Å²) in [6.45, 7) is 5.77. The van der Waals surface area contributed by atoms with Crippen LogP contribution in [0.2, 0.25) is 0 Å². The van der Waals surface area contributed by atoms with Crippen molar-refractivity contribution in [3.8, 4) is 0 Å². The van der Waals surface area contributed by atoms with Gasteiger partial charge >= 0.3 is 0 Å². The minimum Gasteiger partial charge on any atom is -0.396 e. The Morgan fingerprint density at radius 3 is 2.75 bits per heavy atom. The SMILES string of the molecule is CCC1(CO)CCN(Cc2cncs2)CC1. The predicted octanol–water partition coefficient (Wildman–Crippen LogP) is 2.13. The largest absolute Gasteiger partial charge is 0.396 e. The zero-order chi connectivity index (χ0) is 11.4. The molecule has 0 spiro atoms. The molecule has 3 nitrogen and oxygen atoms in total. The molecule has 90 valence electrons. The maximum absolute atomic E-state index is 9.46. The van der Waals surface area contributed by atoms with Gasteiger partial charge in [0.25, 0.3) is 0 Å². The van der Waals surface area contributed by atoms with Crippen molar-refractivity contribution in [2.75, 3.05) is 19.7 Å². The van der Waals surface area contributed by atoms with Crippen LogP contribution in [0, 0.1) is 5.41 Å². The summed E-state index contributed by atoms with van der Waals surface area (Å²) in [5.74, 6) is 0. The van der Waals surface area contributed by atoms with Gasteiger partial charge in [-0.3, -0.25) is 9.88 Å². The van der Waals surface area contributed by atoms with Crippen molar-refractivity contribution in [2.45, 2.75) is 32.7 Å². The summed E-state index contributed by atoms with van der Waals surface area (Å²) in [6.07, 6.45) is 5.30. The number of aliphatic hydroxyl groups excluding tert-OH is 1. The van der Waals surface area contributed by atoms with Crippen LogP contribution < -0.4 is 0 Å². The summed E-state index contributed by atoms with van der Waals surface area (Å²) in [4.78, 5) is 7.91. The first-order chi connectivity index (χ1) is 7.78. The van der Waals surface area contributed by atoms with E-state index in [4.69, 9.17) is 0 Å². The van der Waals surface area contributed by atoms with Crippen LogP contribution >= 0.6 is 11.3 Å². The van der Waals surface area contributed by atoms with Crippen LogP contribution in [0.4, 0.5) is 0 Å². The summed E-state index contributed by atoms with van der Waals surface area (Å²) < 4.78 is 0. The molecule has 1 aliphatic rings. The molecule has 0 amide bonds. The van der Waals surface area contributed by atoms with Crippen LogP contribution in [-0.4, -0.2) is 34.7 Å². The highest BCUT2D eigenvalue weighted by Gasteiger charge is 2.32. The number of aliphatic hydroxyl groups is 1. The van der Waals surface area contributed by atoms with Gasteiger partial charge in [0.05, 0.1) is 5.51 Å². The van der Waals surface area contributed by atoms with Gasteiger partial charge < -0.3 is 5.11 Å². The second-order valence-electron chi connectivity index (χ2n) is 4.76. The van der Waals surface area contributed by atoms with Gasteiger partial charge in [-0.05, 0) is 37.8 Å². The molecule has 1 fully saturated rings. The van der Waals surface area contributed by atoms with Crippen LogP contribution in [0.3, 0.4) is 0 Å². The van der Waals surface area contributed by atoms with Crippen molar-refractivity contribution >= 4 is 11.3 Å². The Bertz CT molecular complexity index is 299. The average molecular weight is 240 g/mol. The Labute approximate surface area is 101 Å². The molecule has 1 aromatic heterocycles. The quantitative estimate of drug-likeness (QED) is 0.876. The number of likely N-dealkylation sites (tertiary alicyclic amines) is 1. The molecule has 0 aromatic carbocycles. The first-order valence-electron chi connectivity index (χ1n) is 5.98. The van der Waals surface area contributed by atoms with E-state index in [1.165, 1.54) is 4.88 Å². The number of hydrogen-bond donors (Lipinski definition) is 1. The van der Waals surface area contributed by atoms with Crippen LogP contribution in [0.15, 0.2) is 11.7 Å². The highest BCUT2D eigenvalue weighted by atomic mass is 32.1. The number of piperidine rings is 1. The molecular formula is C12H20N2OS. The van der Waals surface area contributed by atoms with Gasteiger partial charge in [-0.2, -0.15) is 0 Å². The fourth-order valence-electron chi connectivity index (χ4n) is 2.35. The maximum Gasteiger partial charge on any atom is 0.0794 e. The minimum atomic E-state index is 0.199. The van der Waals surface area contributed by atoms with Gasteiger partial charge in [0.1, 0.15) is 0 Å². The van der Waals surface area contributed by atoms with E-state index < -0.39 is 0 Å². The lowest BCUT2D eigenvalue weighted by Gasteiger charge is -2.40. The molecule has 0 atom stereocenters. The van der Waals surface area contributed by atoms with Gasteiger partial charge in [-0.15, -0.1) is 11.3 Å². The monoisotopic (exact) mass is 240 g/mol. The first kappa shape index (κ1) is 12.0. The molecule has 1 N–H and O–H groups in total. The van der Waals surface area contributed by atoms with Crippen molar-refractivity contribution in [3.05, 3.63) is 16.6 Å². The fraction of sp³-hybridized carbons (Fsp3) is 0.750. The van der Waals surface area contributed by atoms with Crippen molar-refractivity contribution in [3.63, 3.8) is 0 Å². The number of rotatable bonds is 4.